The summed E-state index contributed by atoms with van der Waals surface area (Å²) in [6.45, 7) is 2.49. The SMILES string of the molecule is CCOc1ccc(-n2c(SCC(=O)NN=Cc3ccc(O)c(O)c3)nnc2-c2ccc(Cl)cc2)cc1. The van der Waals surface area contributed by atoms with Gasteiger partial charge in [0, 0.05) is 16.3 Å². The molecule has 0 radical (unpaired) electrons. The molecule has 0 saturated heterocycles. The summed E-state index contributed by atoms with van der Waals surface area (Å²) in [6.07, 6.45) is 1.36. The molecule has 0 atom stereocenters. The molecule has 3 aromatic carbocycles. The number of halogens is 1. The number of hydrogen-bond acceptors (Lipinski definition) is 8. The van der Waals surface area contributed by atoms with Gasteiger partial charge < -0.3 is 14.9 Å². The van der Waals surface area contributed by atoms with Gasteiger partial charge in [0.15, 0.2) is 22.5 Å². The zero-order valence-electron chi connectivity index (χ0n) is 19.1. The van der Waals surface area contributed by atoms with Gasteiger partial charge in [-0.25, -0.2) is 5.43 Å². The number of amides is 1. The third-order valence-electron chi connectivity index (χ3n) is 4.88. The van der Waals surface area contributed by atoms with Crippen LogP contribution in [0.25, 0.3) is 17.1 Å². The van der Waals surface area contributed by atoms with E-state index in [-0.39, 0.29) is 23.2 Å². The van der Waals surface area contributed by atoms with Gasteiger partial charge in [-0.2, -0.15) is 5.10 Å². The average Bonchev–Trinajstić information content (AvgIpc) is 3.30. The first-order valence-corrected chi connectivity index (χ1v) is 12.2. The summed E-state index contributed by atoms with van der Waals surface area (Å²) < 4.78 is 7.40. The summed E-state index contributed by atoms with van der Waals surface area (Å²) in [6, 6.07) is 19.0. The monoisotopic (exact) mass is 523 g/mol. The first-order valence-electron chi connectivity index (χ1n) is 10.9. The average molecular weight is 524 g/mol. The number of carbonyl (C=O) groups is 1. The number of hydrogen-bond donors (Lipinski definition) is 3. The van der Waals surface area contributed by atoms with Crippen LogP contribution in [0.4, 0.5) is 0 Å². The first-order chi connectivity index (χ1) is 17.4. The van der Waals surface area contributed by atoms with E-state index in [2.05, 4.69) is 20.7 Å². The van der Waals surface area contributed by atoms with E-state index in [0.717, 1.165) is 17.0 Å². The van der Waals surface area contributed by atoms with Crippen molar-refractivity contribution in [3.63, 3.8) is 0 Å². The number of hydrazone groups is 1. The van der Waals surface area contributed by atoms with Crippen molar-refractivity contribution in [2.45, 2.75) is 12.1 Å². The number of benzene rings is 3. The van der Waals surface area contributed by atoms with Crippen molar-refractivity contribution in [2.75, 3.05) is 12.4 Å². The molecular weight excluding hydrogens is 502 g/mol. The molecule has 11 heteroatoms. The Kier molecular flexibility index (Phi) is 8.09. The number of ether oxygens (including phenoxy) is 1. The number of nitrogens with one attached hydrogen (secondary N) is 1. The van der Waals surface area contributed by atoms with Crippen molar-refractivity contribution in [2.24, 2.45) is 5.10 Å². The van der Waals surface area contributed by atoms with Gasteiger partial charge in [-0.05, 0) is 79.2 Å². The summed E-state index contributed by atoms with van der Waals surface area (Å²) in [4.78, 5) is 12.4. The molecule has 4 aromatic rings. The van der Waals surface area contributed by atoms with Gasteiger partial charge in [0.05, 0.1) is 18.6 Å². The van der Waals surface area contributed by atoms with E-state index in [4.69, 9.17) is 16.3 Å². The number of nitrogens with zero attached hydrogens (tertiary/aromatic N) is 4. The fraction of sp³-hybridized carbons (Fsp3) is 0.120. The number of carbonyl (C=O) groups excluding carboxylic acids is 1. The second-order valence-electron chi connectivity index (χ2n) is 7.41. The molecule has 0 spiro atoms. The molecule has 9 nitrogen and oxygen atoms in total. The maximum absolute atomic E-state index is 12.4. The summed E-state index contributed by atoms with van der Waals surface area (Å²) in [5.41, 5.74) is 4.58. The van der Waals surface area contributed by atoms with Crippen molar-refractivity contribution in [1.29, 1.82) is 0 Å². The van der Waals surface area contributed by atoms with E-state index in [1.54, 1.807) is 18.2 Å². The minimum atomic E-state index is -0.353. The Morgan fingerprint density at radius 3 is 2.53 bits per heavy atom. The van der Waals surface area contributed by atoms with Crippen LogP contribution in [0.5, 0.6) is 17.2 Å². The highest BCUT2D eigenvalue weighted by molar-refractivity contribution is 7.99. The normalized spacial score (nSPS) is 11.1. The number of aromatic hydroxyl groups is 2. The van der Waals surface area contributed by atoms with Gasteiger partial charge in [-0.1, -0.05) is 23.4 Å². The van der Waals surface area contributed by atoms with E-state index in [0.29, 0.717) is 28.2 Å². The lowest BCUT2D eigenvalue weighted by atomic mass is 10.2. The maximum Gasteiger partial charge on any atom is 0.250 e. The largest absolute Gasteiger partial charge is 0.504 e. The van der Waals surface area contributed by atoms with Crippen LogP contribution < -0.4 is 10.2 Å². The van der Waals surface area contributed by atoms with E-state index < -0.39 is 0 Å². The van der Waals surface area contributed by atoms with Crippen molar-refractivity contribution < 1.29 is 19.7 Å². The van der Waals surface area contributed by atoms with Crippen molar-refractivity contribution in [1.82, 2.24) is 20.2 Å². The van der Waals surface area contributed by atoms with Gasteiger partial charge in [0.25, 0.3) is 5.91 Å². The Morgan fingerprint density at radius 2 is 1.83 bits per heavy atom. The van der Waals surface area contributed by atoms with Crippen LogP contribution in [0.1, 0.15) is 12.5 Å². The van der Waals surface area contributed by atoms with Gasteiger partial charge in [-0.3, -0.25) is 9.36 Å². The van der Waals surface area contributed by atoms with Crippen molar-refractivity contribution >= 4 is 35.5 Å². The molecule has 0 aliphatic rings. The van der Waals surface area contributed by atoms with Crippen molar-refractivity contribution in [3.8, 4) is 34.3 Å². The first kappa shape index (κ1) is 25.1. The fourth-order valence-corrected chi connectivity index (χ4v) is 4.07. The lowest BCUT2D eigenvalue weighted by Crippen LogP contribution is -2.20. The Hall–Kier alpha value is -4.02. The minimum absolute atomic E-state index is 0.0357. The molecule has 1 aromatic heterocycles. The molecule has 1 amide bonds. The van der Waals surface area contributed by atoms with Crippen LogP contribution in [-0.2, 0) is 4.79 Å². The second kappa shape index (κ2) is 11.6. The van der Waals surface area contributed by atoms with Crippen LogP contribution in [0, 0.1) is 0 Å². The van der Waals surface area contributed by atoms with Crippen LogP contribution in [0.2, 0.25) is 5.02 Å². The fourth-order valence-electron chi connectivity index (χ4n) is 3.20. The van der Waals surface area contributed by atoms with Gasteiger partial charge in [0.2, 0.25) is 0 Å². The molecular formula is C25H22ClN5O4S. The Balaban J connectivity index is 1.51. The Labute approximate surface area is 216 Å². The zero-order chi connectivity index (χ0) is 25.5. The van der Waals surface area contributed by atoms with Gasteiger partial charge in [0.1, 0.15) is 5.75 Å². The topological polar surface area (TPSA) is 122 Å². The lowest BCUT2D eigenvalue weighted by molar-refractivity contribution is -0.118. The summed E-state index contributed by atoms with van der Waals surface area (Å²) in [5.74, 6) is 0.523. The van der Waals surface area contributed by atoms with Crippen molar-refractivity contribution in [3.05, 3.63) is 77.3 Å². The molecule has 0 unspecified atom stereocenters. The number of phenols is 2. The molecule has 0 aliphatic heterocycles. The molecule has 0 bridgehead atoms. The van der Waals surface area contributed by atoms with E-state index >= 15 is 0 Å². The van der Waals surface area contributed by atoms with Gasteiger partial charge in [-0.15, -0.1) is 10.2 Å². The standard InChI is InChI=1S/C25H22ClN5O4S/c1-2-35-20-10-8-19(9-11-20)31-24(17-4-6-18(26)7-5-17)29-30-25(31)36-15-23(34)28-27-14-16-3-12-21(32)22(33)13-16/h3-14,32-33H,2,15H2,1H3,(H,28,34). The molecule has 184 valence electrons. The van der Waals surface area contributed by atoms with Crippen LogP contribution in [0.3, 0.4) is 0 Å². The maximum atomic E-state index is 12.4. The summed E-state index contributed by atoms with van der Waals surface area (Å²) >= 11 is 7.25. The Morgan fingerprint density at radius 1 is 1.08 bits per heavy atom. The van der Waals surface area contributed by atoms with E-state index in [1.807, 2.05) is 47.9 Å². The molecule has 3 N–H and O–H groups in total. The second-order valence-corrected chi connectivity index (χ2v) is 8.78. The molecule has 0 aliphatic carbocycles. The third kappa shape index (κ3) is 6.15. The molecule has 0 saturated carbocycles. The minimum Gasteiger partial charge on any atom is -0.504 e. The van der Waals surface area contributed by atoms with E-state index in [1.165, 1.54) is 30.1 Å². The molecule has 4 rings (SSSR count). The predicted octanol–water partition coefficient (Wildman–Crippen LogP) is 4.64. The highest BCUT2D eigenvalue weighted by atomic mass is 35.5. The third-order valence-corrected chi connectivity index (χ3v) is 6.06. The van der Waals surface area contributed by atoms with Crippen LogP contribution >= 0.6 is 23.4 Å². The Bertz CT molecular complexity index is 1370. The molecule has 0 fully saturated rings. The zero-order valence-corrected chi connectivity index (χ0v) is 20.7. The van der Waals surface area contributed by atoms with Crippen LogP contribution in [0.15, 0.2) is 77.0 Å². The lowest BCUT2D eigenvalue weighted by Gasteiger charge is -2.11. The summed E-state index contributed by atoms with van der Waals surface area (Å²) in [5, 5.41) is 32.6. The molecule has 36 heavy (non-hydrogen) atoms. The highest BCUT2D eigenvalue weighted by Crippen LogP contribution is 2.29. The predicted molar refractivity (Wildman–Crippen MR) is 139 cm³/mol. The highest BCUT2D eigenvalue weighted by Gasteiger charge is 2.17. The smallest absolute Gasteiger partial charge is 0.250 e. The number of rotatable bonds is 9. The van der Waals surface area contributed by atoms with Gasteiger partial charge >= 0.3 is 0 Å². The van der Waals surface area contributed by atoms with E-state index in [9.17, 15) is 15.0 Å². The van der Waals surface area contributed by atoms with Crippen LogP contribution in [-0.4, -0.2) is 49.5 Å². The quantitative estimate of drug-likeness (QED) is 0.126. The number of aromatic nitrogens is 3. The number of thioether (sulfide) groups is 1. The number of phenolic OH excluding ortho intramolecular Hbond substituents is 2. The molecule has 1 heterocycles. The summed E-state index contributed by atoms with van der Waals surface area (Å²) in [7, 11) is 0.